The summed E-state index contributed by atoms with van der Waals surface area (Å²) in [7, 11) is 0. The van der Waals surface area contributed by atoms with E-state index in [2.05, 4.69) is 24.3 Å². The van der Waals surface area contributed by atoms with Crippen molar-refractivity contribution in [3.8, 4) is 0 Å². The molecule has 1 N–H and O–H groups in total. The molecule has 0 aliphatic rings. The topological polar surface area (TPSA) is 64.0 Å². The molecular formula is C18H25N3O2. The summed E-state index contributed by atoms with van der Waals surface area (Å²) >= 11 is 0. The molecule has 0 aliphatic carbocycles. The summed E-state index contributed by atoms with van der Waals surface area (Å²) in [6.45, 7) is 6.86. The van der Waals surface area contributed by atoms with Gasteiger partial charge in [-0.05, 0) is 37.8 Å². The molecule has 1 heterocycles. The van der Waals surface area contributed by atoms with E-state index in [-0.39, 0.29) is 17.4 Å². The van der Waals surface area contributed by atoms with Crippen LogP contribution in [0.5, 0.6) is 0 Å². The number of nitrogens with one attached hydrogen (secondary N) is 1. The lowest BCUT2D eigenvalue weighted by atomic mass is 10.0. The van der Waals surface area contributed by atoms with E-state index in [0.717, 1.165) is 18.4 Å². The third-order valence-electron chi connectivity index (χ3n) is 3.90. The maximum Gasteiger partial charge on any atom is 0.222 e. The van der Waals surface area contributed by atoms with Crippen molar-refractivity contribution >= 4 is 16.8 Å². The monoisotopic (exact) mass is 315 g/mol. The number of aryl methyl sites for hydroxylation is 1. The lowest BCUT2D eigenvalue weighted by Gasteiger charge is -2.15. The molecule has 2 aromatic rings. The van der Waals surface area contributed by atoms with Crippen molar-refractivity contribution in [1.82, 2.24) is 15.1 Å². The molecule has 1 amide bonds. The molecule has 0 saturated carbocycles. The van der Waals surface area contributed by atoms with Crippen LogP contribution in [-0.4, -0.2) is 21.7 Å². The number of rotatable bonds is 7. The predicted molar refractivity (Wildman–Crippen MR) is 92.3 cm³/mol. The Morgan fingerprint density at radius 2 is 1.96 bits per heavy atom. The highest BCUT2D eigenvalue weighted by Gasteiger charge is 2.10. The smallest absolute Gasteiger partial charge is 0.222 e. The highest BCUT2D eigenvalue weighted by molar-refractivity contribution is 5.79. The number of amides is 1. The highest BCUT2D eigenvalue weighted by atomic mass is 16.1. The van der Waals surface area contributed by atoms with Crippen molar-refractivity contribution in [2.75, 3.05) is 0 Å². The fourth-order valence-corrected chi connectivity index (χ4v) is 2.55. The molecule has 5 nitrogen and oxygen atoms in total. The van der Waals surface area contributed by atoms with E-state index in [1.807, 2.05) is 25.1 Å². The Morgan fingerprint density at radius 3 is 2.70 bits per heavy atom. The Balaban J connectivity index is 1.95. The van der Waals surface area contributed by atoms with Crippen LogP contribution in [0.3, 0.4) is 0 Å². The third-order valence-corrected chi connectivity index (χ3v) is 3.90. The molecule has 5 heteroatoms. The normalized spacial score (nSPS) is 12.5. The van der Waals surface area contributed by atoms with Gasteiger partial charge in [0.05, 0.1) is 18.3 Å². The van der Waals surface area contributed by atoms with Crippen molar-refractivity contribution in [3.05, 3.63) is 40.7 Å². The first-order valence-corrected chi connectivity index (χ1v) is 8.21. The van der Waals surface area contributed by atoms with Gasteiger partial charge in [-0.3, -0.25) is 14.3 Å². The molecule has 2 rings (SSSR count). The highest BCUT2D eigenvalue weighted by Crippen LogP contribution is 2.09. The molecule has 124 valence electrons. The summed E-state index contributed by atoms with van der Waals surface area (Å²) in [6, 6.07) is 7.52. The van der Waals surface area contributed by atoms with Crippen LogP contribution in [0.25, 0.3) is 10.9 Å². The van der Waals surface area contributed by atoms with Crippen molar-refractivity contribution < 1.29 is 4.79 Å². The van der Waals surface area contributed by atoms with Gasteiger partial charge < -0.3 is 5.32 Å². The van der Waals surface area contributed by atoms with Crippen LogP contribution in [0.4, 0.5) is 0 Å². The first kappa shape index (κ1) is 17.2. The SMILES string of the molecule is CC(C)CC[C@H](C)NC(=O)CCn1ncc(=O)c2ccccc21. The lowest BCUT2D eigenvalue weighted by Crippen LogP contribution is -2.33. The zero-order valence-electron chi connectivity index (χ0n) is 14.1. The van der Waals surface area contributed by atoms with Crippen molar-refractivity contribution in [1.29, 1.82) is 0 Å². The van der Waals surface area contributed by atoms with E-state index in [1.54, 1.807) is 10.7 Å². The summed E-state index contributed by atoms with van der Waals surface area (Å²) in [4.78, 5) is 23.8. The molecular weight excluding hydrogens is 290 g/mol. The summed E-state index contributed by atoms with van der Waals surface area (Å²) in [5.74, 6) is 0.664. The van der Waals surface area contributed by atoms with Gasteiger partial charge in [0, 0.05) is 17.8 Å². The van der Waals surface area contributed by atoms with Gasteiger partial charge >= 0.3 is 0 Å². The van der Waals surface area contributed by atoms with Crippen molar-refractivity contribution in [2.24, 2.45) is 5.92 Å². The van der Waals surface area contributed by atoms with Gasteiger partial charge in [0.2, 0.25) is 11.3 Å². The summed E-state index contributed by atoms with van der Waals surface area (Å²) in [5, 5.41) is 7.80. The standard InChI is InChI=1S/C18H25N3O2/c1-13(2)8-9-14(3)20-18(23)10-11-21-16-7-5-4-6-15(16)17(22)12-19-21/h4-7,12-14H,8-11H2,1-3H3,(H,20,23)/t14-/m0/s1. The Bertz CT molecular complexity index is 722. The summed E-state index contributed by atoms with van der Waals surface area (Å²) in [5.41, 5.74) is 0.671. The molecule has 0 bridgehead atoms. The first-order valence-electron chi connectivity index (χ1n) is 8.21. The van der Waals surface area contributed by atoms with Gasteiger partial charge in [-0.15, -0.1) is 0 Å². The van der Waals surface area contributed by atoms with E-state index in [0.29, 0.717) is 24.3 Å². The number of carbonyl (C=O) groups is 1. The molecule has 23 heavy (non-hydrogen) atoms. The third kappa shape index (κ3) is 4.91. The van der Waals surface area contributed by atoms with E-state index in [9.17, 15) is 9.59 Å². The fraction of sp³-hybridized carbons (Fsp3) is 0.500. The summed E-state index contributed by atoms with van der Waals surface area (Å²) < 4.78 is 1.72. The second kappa shape index (κ2) is 7.90. The van der Waals surface area contributed by atoms with Crippen LogP contribution in [0.1, 0.15) is 40.0 Å². The van der Waals surface area contributed by atoms with E-state index in [4.69, 9.17) is 0 Å². The maximum atomic E-state index is 12.1. The molecule has 0 spiro atoms. The van der Waals surface area contributed by atoms with Crippen LogP contribution < -0.4 is 10.7 Å². The van der Waals surface area contributed by atoms with Crippen molar-refractivity contribution in [2.45, 2.75) is 52.6 Å². The van der Waals surface area contributed by atoms with Gasteiger partial charge in [0.1, 0.15) is 0 Å². The van der Waals surface area contributed by atoms with Crippen LogP contribution in [0.15, 0.2) is 35.3 Å². The fourth-order valence-electron chi connectivity index (χ4n) is 2.55. The van der Waals surface area contributed by atoms with Gasteiger partial charge in [-0.2, -0.15) is 5.10 Å². The zero-order valence-corrected chi connectivity index (χ0v) is 14.1. The largest absolute Gasteiger partial charge is 0.354 e. The average molecular weight is 315 g/mol. The number of carbonyl (C=O) groups excluding carboxylic acids is 1. The minimum absolute atomic E-state index is 0.0193. The van der Waals surface area contributed by atoms with Crippen LogP contribution >= 0.6 is 0 Å². The molecule has 0 unspecified atom stereocenters. The first-order chi connectivity index (χ1) is 11.0. The van der Waals surface area contributed by atoms with Gasteiger partial charge in [0.15, 0.2) is 0 Å². The molecule has 0 radical (unpaired) electrons. The zero-order chi connectivity index (χ0) is 16.8. The number of aromatic nitrogens is 2. The minimum atomic E-state index is -0.0939. The number of benzene rings is 1. The van der Waals surface area contributed by atoms with Gasteiger partial charge in [0.25, 0.3) is 0 Å². The molecule has 1 aromatic heterocycles. The Hall–Kier alpha value is -2.17. The van der Waals surface area contributed by atoms with Gasteiger partial charge in [-0.1, -0.05) is 26.0 Å². The maximum absolute atomic E-state index is 12.1. The number of nitrogens with zero attached hydrogens (tertiary/aromatic N) is 2. The molecule has 1 aromatic carbocycles. The molecule has 0 aliphatic heterocycles. The van der Waals surface area contributed by atoms with Crippen LogP contribution in [0.2, 0.25) is 0 Å². The molecule has 0 fully saturated rings. The van der Waals surface area contributed by atoms with Crippen LogP contribution in [-0.2, 0) is 11.3 Å². The Kier molecular flexibility index (Phi) is 5.90. The number of hydrogen-bond acceptors (Lipinski definition) is 3. The quantitative estimate of drug-likeness (QED) is 0.854. The lowest BCUT2D eigenvalue weighted by molar-refractivity contribution is -0.122. The second-order valence-electron chi connectivity index (χ2n) is 6.44. The molecule has 1 atom stereocenters. The van der Waals surface area contributed by atoms with Crippen molar-refractivity contribution in [3.63, 3.8) is 0 Å². The van der Waals surface area contributed by atoms with E-state index < -0.39 is 0 Å². The minimum Gasteiger partial charge on any atom is -0.354 e. The Labute approximate surface area is 136 Å². The number of hydrogen-bond donors (Lipinski definition) is 1. The van der Waals surface area contributed by atoms with Gasteiger partial charge in [-0.25, -0.2) is 0 Å². The summed E-state index contributed by atoms with van der Waals surface area (Å²) in [6.07, 6.45) is 3.76. The Morgan fingerprint density at radius 1 is 1.22 bits per heavy atom. The molecule has 0 saturated heterocycles. The predicted octanol–water partition coefficient (Wildman–Crippen LogP) is 2.73. The second-order valence-corrected chi connectivity index (χ2v) is 6.44. The average Bonchev–Trinajstić information content (AvgIpc) is 2.52. The van der Waals surface area contributed by atoms with E-state index in [1.165, 1.54) is 6.20 Å². The number of para-hydroxylation sites is 1. The number of fused-ring (bicyclic) bond motifs is 1. The van der Waals surface area contributed by atoms with Crippen LogP contribution in [0, 0.1) is 5.92 Å². The van der Waals surface area contributed by atoms with E-state index >= 15 is 0 Å².